The minimum absolute atomic E-state index is 0.484. The lowest BCUT2D eigenvalue weighted by molar-refractivity contribution is -0.143. The zero-order valence-electron chi connectivity index (χ0n) is 11.3. The van der Waals surface area contributed by atoms with E-state index < -0.39 is 11.5 Å². The molecule has 2 heterocycles. The molecule has 1 aliphatic rings. The van der Waals surface area contributed by atoms with Crippen molar-refractivity contribution in [3.63, 3.8) is 0 Å². The van der Waals surface area contributed by atoms with E-state index >= 15 is 0 Å². The third kappa shape index (κ3) is 1.99. The second-order valence-electron chi connectivity index (χ2n) is 5.29. The van der Waals surface area contributed by atoms with Crippen molar-refractivity contribution in [2.45, 2.75) is 44.6 Å². The number of aliphatic carboxylic acids is 1. The van der Waals surface area contributed by atoms with Crippen LogP contribution in [0, 0.1) is 6.92 Å². The van der Waals surface area contributed by atoms with Gasteiger partial charge in [0.1, 0.15) is 11.4 Å². The van der Waals surface area contributed by atoms with E-state index in [1.807, 2.05) is 6.92 Å². The van der Waals surface area contributed by atoms with Gasteiger partial charge in [0.15, 0.2) is 5.82 Å². The number of carboxylic acid groups (broad SMARTS) is 1. The van der Waals surface area contributed by atoms with Crippen LogP contribution >= 0.6 is 0 Å². The number of carboxylic acids is 1. The number of aromatic nitrogens is 4. The van der Waals surface area contributed by atoms with Gasteiger partial charge in [-0.3, -0.25) is 4.40 Å². The Labute approximate surface area is 116 Å². The van der Waals surface area contributed by atoms with Crippen molar-refractivity contribution in [2.24, 2.45) is 0 Å². The van der Waals surface area contributed by atoms with E-state index in [0.29, 0.717) is 24.3 Å². The third-order valence-electron chi connectivity index (χ3n) is 3.97. The molecule has 0 atom stereocenters. The molecule has 1 fully saturated rings. The van der Waals surface area contributed by atoms with Crippen LogP contribution in [0.2, 0.25) is 0 Å². The predicted octanol–water partition coefficient (Wildman–Crippen LogP) is 1.63. The van der Waals surface area contributed by atoms with Crippen LogP contribution in [0.5, 0.6) is 0 Å². The van der Waals surface area contributed by atoms with Gasteiger partial charge in [-0.25, -0.2) is 9.78 Å². The summed E-state index contributed by atoms with van der Waals surface area (Å²) in [5.41, 5.74) is -0.372. The van der Waals surface area contributed by atoms with Crippen molar-refractivity contribution in [1.29, 1.82) is 0 Å². The smallest absolute Gasteiger partial charge is 0.329 e. The van der Waals surface area contributed by atoms with Gasteiger partial charge in [0.2, 0.25) is 5.65 Å². The Morgan fingerprint density at radius 1 is 1.35 bits per heavy atom. The first kappa shape index (κ1) is 12.8. The number of carbonyl (C=O) groups is 1. The Morgan fingerprint density at radius 3 is 2.80 bits per heavy atom. The van der Waals surface area contributed by atoms with Gasteiger partial charge in [-0.2, -0.15) is 0 Å². The molecule has 0 spiro atoms. The average molecular weight is 275 g/mol. The molecule has 3 rings (SSSR count). The fourth-order valence-electron chi connectivity index (χ4n) is 2.80. The molecule has 0 saturated heterocycles. The van der Waals surface area contributed by atoms with Gasteiger partial charge >= 0.3 is 5.97 Å². The Kier molecular flexibility index (Phi) is 3.04. The number of nitrogens with zero attached hydrogens (tertiary/aromatic N) is 4. The van der Waals surface area contributed by atoms with Crippen LogP contribution in [-0.2, 0) is 4.79 Å². The molecular weight excluding hydrogens is 258 g/mol. The zero-order valence-corrected chi connectivity index (χ0v) is 11.3. The number of rotatable bonds is 3. The lowest BCUT2D eigenvalue weighted by Gasteiger charge is -2.34. The van der Waals surface area contributed by atoms with Crippen LogP contribution < -0.4 is 5.32 Å². The average Bonchev–Trinajstić information content (AvgIpc) is 2.83. The second kappa shape index (κ2) is 4.73. The van der Waals surface area contributed by atoms with E-state index in [2.05, 4.69) is 20.5 Å². The highest BCUT2D eigenvalue weighted by Gasteiger charge is 2.40. The van der Waals surface area contributed by atoms with Gasteiger partial charge in [0.25, 0.3) is 0 Å². The zero-order chi connectivity index (χ0) is 14.2. The number of anilines is 1. The maximum absolute atomic E-state index is 11.7. The maximum atomic E-state index is 11.7. The molecule has 2 aromatic heterocycles. The van der Waals surface area contributed by atoms with Gasteiger partial charge in [-0.15, -0.1) is 10.2 Å². The van der Waals surface area contributed by atoms with Gasteiger partial charge in [-0.1, -0.05) is 19.3 Å². The van der Waals surface area contributed by atoms with Crippen molar-refractivity contribution >= 4 is 17.4 Å². The summed E-state index contributed by atoms with van der Waals surface area (Å²) in [6.45, 7) is 1.84. The first-order valence-corrected chi connectivity index (χ1v) is 6.80. The summed E-state index contributed by atoms with van der Waals surface area (Å²) in [5, 5.41) is 20.8. The molecule has 0 unspecified atom stereocenters. The molecule has 1 aliphatic carbocycles. The highest BCUT2D eigenvalue weighted by Crippen LogP contribution is 2.32. The van der Waals surface area contributed by atoms with E-state index in [0.717, 1.165) is 25.1 Å². The molecule has 0 bridgehead atoms. The molecule has 0 radical (unpaired) electrons. The molecule has 0 aliphatic heterocycles. The summed E-state index contributed by atoms with van der Waals surface area (Å²) in [7, 11) is 0. The maximum Gasteiger partial charge on any atom is 0.329 e. The highest BCUT2D eigenvalue weighted by atomic mass is 16.4. The van der Waals surface area contributed by atoms with Gasteiger partial charge in [-0.05, 0) is 19.8 Å². The summed E-state index contributed by atoms with van der Waals surface area (Å²) in [4.78, 5) is 15.9. The summed E-state index contributed by atoms with van der Waals surface area (Å²) in [5.74, 6) is 0.410. The van der Waals surface area contributed by atoms with Crippen molar-refractivity contribution < 1.29 is 9.90 Å². The Balaban J connectivity index is 2.00. The quantitative estimate of drug-likeness (QED) is 0.884. The van der Waals surface area contributed by atoms with E-state index in [1.165, 1.54) is 0 Å². The standard InChI is InChI=1S/C13H17N5O2/c1-9-16-17-11-10(14-7-8-18(9)11)15-13(12(19)20)5-3-2-4-6-13/h7-8H,2-6H2,1H3,(H,14,15)(H,19,20). The molecule has 2 aromatic rings. The Bertz CT molecular complexity index is 645. The van der Waals surface area contributed by atoms with Crippen LogP contribution in [0.1, 0.15) is 37.9 Å². The van der Waals surface area contributed by atoms with Crippen LogP contribution in [0.3, 0.4) is 0 Å². The van der Waals surface area contributed by atoms with Crippen molar-refractivity contribution in [1.82, 2.24) is 19.6 Å². The minimum atomic E-state index is -0.938. The van der Waals surface area contributed by atoms with Crippen molar-refractivity contribution in [3.8, 4) is 0 Å². The monoisotopic (exact) mass is 275 g/mol. The second-order valence-corrected chi connectivity index (χ2v) is 5.29. The number of hydrogen-bond acceptors (Lipinski definition) is 5. The third-order valence-corrected chi connectivity index (χ3v) is 3.97. The van der Waals surface area contributed by atoms with Crippen molar-refractivity contribution in [2.75, 3.05) is 5.32 Å². The van der Waals surface area contributed by atoms with E-state index in [4.69, 9.17) is 0 Å². The summed E-state index contributed by atoms with van der Waals surface area (Å²) >= 11 is 0. The van der Waals surface area contributed by atoms with Crippen LogP contribution in [0.25, 0.3) is 5.65 Å². The normalized spacial score (nSPS) is 18.1. The highest BCUT2D eigenvalue weighted by molar-refractivity contribution is 5.84. The summed E-state index contributed by atoms with van der Waals surface area (Å²) in [6, 6.07) is 0. The lowest BCUT2D eigenvalue weighted by Crippen LogP contribution is -2.48. The number of fused-ring (bicyclic) bond motifs is 1. The van der Waals surface area contributed by atoms with Crippen molar-refractivity contribution in [3.05, 3.63) is 18.2 Å². The Morgan fingerprint density at radius 2 is 2.10 bits per heavy atom. The molecule has 7 heteroatoms. The van der Waals surface area contributed by atoms with E-state index in [9.17, 15) is 9.90 Å². The first-order chi connectivity index (χ1) is 9.62. The first-order valence-electron chi connectivity index (χ1n) is 6.80. The van der Waals surface area contributed by atoms with Crippen LogP contribution in [0.15, 0.2) is 12.4 Å². The number of nitrogens with one attached hydrogen (secondary N) is 1. The van der Waals surface area contributed by atoms with E-state index in [1.54, 1.807) is 16.8 Å². The van der Waals surface area contributed by atoms with Crippen LogP contribution in [0.4, 0.5) is 5.82 Å². The predicted molar refractivity (Wildman–Crippen MR) is 72.6 cm³/mol. The fraction of sp³-hybridized carbons (Fsp3) is 0.538. The SMILES string of the molecule is Cc1nnc2c(NC3(C(=O)O)CCCCC3)nccn12. The molecule has 0 aromatic carbocycles. The largest absolute Gasteiger partial charge is 0.480 e. The van der Waals surface area contributed by atoms with Gasteiger partial charge in [0, 0.05) is 12.4 Å². The lowest BCUT2D eigenvalue weighted by atomic mass is 9.81. The molecule has 2 N–H and O–H groups in total. The molecule has 106 valence electrons. The van der Waals surface area contributed by atoms with Crippen LogP contribution in [-0.4, -0.2) is 36.2 Å². The Hall–Kier alpha value is -2.18. The minimum Gasteiger partial charge on any atom is -0.480 e. The van der Waals surface area contributed by atoms with Gasteiger partial charge < -0.3 is 10.4 Å². The van der Waals surface area contributed by atoms with E-state index in [-0.39, 0.29) is 0 Å². The summed E-state index contributed by atoms with van der Waals surface area (Å²) < 4.78 is 1.80. The molecule has 7 nitrogen and oxygen atoms in total. The molecule has 20 heavy (non-hydrogen) atoms. The number of hydrogen-bond donors (Lipinski definition) is 2. The van der Waals surface area contributed by atoms with Gasteiger partial charge in [0.05, 0.1) is 0 Å². The molecule has 1 saturated carbocycles. The molecule has 0 amide bonds. The number of aryl methyl sites for hydroxylation is 1. The fourth-order valence-corrected chi connectivity index (χ4v) is 2.80. The summed E-state index contributed by atoms with van der Waals surface area (Å²) in [6.07, 6.45) is 7.52. The topological polar surface area (TPSA) is 92.4 Å². The molecular formula is C13H17N5O2.